The Morgan fingerprint density at radius 1 is 1.44 bits per heavy atom. The molecule has 0 radical (unpaired) electrons. The summed E-state index contributed by atoms with van der Waals surface area (Å²) in [6.07, 6.45) is 4.84. The zero-order chi connectivity index (χ0) is 12.4. The molecule has 0 saturated heterocycles. The number of hydrogen-bond acceptors (Lipinski definition) is 6. The molecular formula is C12H14N4O2. The molecule has 3 rings (SSSR count). The summed E-state index contributed by atoms with van der Waals surface area (Å²) in [6.45, 7) is 0.663. The van der Waals surface area contributed by atoms with Gasteiger partial charge < -0.3 is 0 Å². The first-order valence-electron chi connectivity index (χ1n) is 5.93. The molecule has 0 amide bonds. The number of nitrogens with one attached hydrogen (secondary N) is 1. The highest BCUT2D eigenvalue weighted by Gasteiger charge is 2.27. The Labute approximate surface area is 105 Å². The van der Waals surface area contributed by atoms with Gasteiger partial charge in [0.15, 0.2) is 6.29 Å². The van der Waals surface area contributed by atoms with Gasteiger partial charge in [-0.25, -0.2) is 5.01 Å². The van der Waals surface area contributed by atoms with Crippen LogP contribution in [0.15, 0.2) is 29.4 Å². The minimum absolute atomic E-state index is 0.590. The Kier molecular flexibility index (Phi) is 2.95. The van der Waals surface area contributed by atoms with Crippen LogP contribution in [0.25, 0.3) is 0 Å². The molecule has 6 nitrogen and oxygen atoms in total. The van der Waals surface area contributed by atoms with Gasteiger partial charge in [-0.1, -0.05) is 12.1 Å². The second kappa shape index (κ2) is 4.75. The van der Waals surface area contributed by atoms with E-state index in [1.807, 2.05) is 18.2 Å². The number of hydrazine groups is 2. The largest absolute Gasteiger partial charge is 0.298 e. The quantitative estimate of drug-likeness (QED) is 0.794. The lowest BCUT2D eigenvalue weighted by Gasteiger charge is -2.25. The average molecular weight is 246 g/mol. The molecule has 1 N–H and O–H groups in total. The zero-order valence-corrected chi connectivity index (χ0v) is 9.82. The van der Waals surface area contributed by atoms with Crippen molar-refractivity contribution in [2.75, 3.05) is 11.6 Å². The third-order valence-corrected chi connectivity index (χ3v) is 2.95. The molecule has 0 bridgehead atoms. The maximum Gasteiger partial charge on any atom is 0.152 e. The highest BCUT2D eigenvalue weighted by atomic mass is 16.8. The number of carbonyl (C=O) groups is 1. The molecule has 0 spiro atoms. The van der Waals surface area contributed by atoms with E-state index in [4.69, 9.17) is 4.84 Å². The van der Waals surface area contributed by atoms with Gasteiger partial charge in [-0.2, -0.15) is 5.53 Å². The van der Waals surface area contributed by atoms with Crippen LogP contribution in [0.5, 0.6) is 0 Å². The molecule has 0 atom stereocenters. The van der Waals surface area contributed by atoms with E-state index in [0.717, 1.165) is 12.0 Å². The number of aldehydes is 1. The van der Waals surface area contributed by atoms with E-state index in [9.17, 15) is 4.79 Å². The number of benzene rings is 1. The molecule has 0 aromatic heterocycles. The van der Waals surface area contributed by atoms with Crippen LogP contribution >= 0.6 is 0 Å². The van der Waals surface area contributed by atoms with E-state index in [1.165, 1.54) is 18.1 Å². The van der Waals surface area contributed by atoms with Gasteiger partial charge in [0.05, 0.1) is 12.3 Å². The minimum atomic E-state index is 0.590. The fourth-order valence-corrected chi connectivity index (χ4v) is 1.73. The van der Waals surface area contributed by atoms with Gasteiger partial charge >= 0.3 is 0 Å². The Morgan fingerprint density at radius 2 is 2.28 bits per heavy atom. The molecule has 1 aromatic rings. The Morgan fingerprint density at radius 3 is 3.06 bits per heavy atom. The number of carbonyl (C=O) groups excluding carboxylic acids is 1. The molecule has 1 aliphatic heterocycles. The first kappa shape index (κ1) is 11.2. The molecular weight excluding hydrogens is 232 g/mol. The van der Waals surface area contributed by atoms with Crippen molar-refractivity contribution in [1.82, 2.24) is 10.8 Å². The smallest absolute Gasteiger partial charge is 0.152 e. The van der Waals surface area contributed by atoms with Crippen LogP contribution in [0.2, 0.25) is 0 Å². The van der Waals surface area contributed by atoms with Crippen molar-refractivity contribution in [3.63, 3.8) is 0 Å². The highest BCUT2D eigenvalue weighted by molar-refractivity contribution is 5.90. The Balaban J connectivity index is 1.75. The summed E-state index contributed by atoms with van der Waals surface area (Å²) < 4.78 is 0. The summed E-state index contributed by atoms with van der Waals surface area (Å²) >= 11 is 0. The van der Waals surface area contributed by atoms with Gasteiger partial charge in [-0.3, -0.25) is 9.63 Å². The number of anilines is 1. The number of rotatable bonds is 5. The maximum atomic E-state index is 11.0. The normalized spacial score (nSPS) is 19.0. The lowest BCUT2D eigenvalue weighted by molar-refractivity contribution is -0.190. The van der Waals surface area contributed by atoms with E-state index in [0.29, 0.717) is 18.1 Å². The average Bonchev–Trinajstić information content (AvgIpc) is 3.13. The maximum absolute atomic E-state index is 11.0. The predicted octanol–water partition coefficient (Wildman–Crippen LogP) is 1.33. The number of para-hydroxylation sites is 1. The van der Waals surface area contributed by atoms with Gasteiger partial charge in [-0.05, 0) is 30.9 Å². The van der Waals surface area contributed by atoms with Crippen molar-refractivity contribution in [2.45, 2.75) is 12.8 Å². The van der Waals surface area contributed by atoms with Crippen LogP contribution < -0.4 is 10.5 Å². The van der Waals surface area contributed by atoms with E-state index >= 15 is 0 Å². The molecule has 0 unspecified atom stereocenters. The third-order valence-electron chi connectivity index (χ3n) is 2.95. The monoisotopic (exact) mass is 246 g/mol. The summed E-state index contributed by atoms with van der Waals surface area (Å²) in [5.41, 5.74) is 4.05. The van der Waals surface area contributed by atoms with Crippen molar-refractivity contribution >= 4 is 18.3 Å². The first-order chi connectivity index (χ1) is 8.88. The first-order valence-corrected chi connectivity index (χ1v) is 5.93. The van der Waals surface area contributed by atoms with Crippen LogP contribution in [0, 0.1) is 5.92 Å². The van der Waals surface area contributed by atoms with Crippen molar-refractivity contribution in [1.29, 1.82) is 0 Å². The fourth-order valence-electron chi connectivity index (χ4n) is 1.73. The summed E-state index contributed by atoms with van der Waals surface area (Å²) in [5, 5.41) is 7.05. The van der Waals surface area contributed by atoms with Crippen molar-refractivity contribution < 1.29 is 9.63 Å². The standard InChI is InChI=1S/C12H14N4O2/c17-7-11-3-1-2-4-12(11)15-9-13-14-16(15)18-8-10-5-6-10/h1-4,7,9-10,14H,5-6,8H2. The summed E-state index contributed by atoms with van der Waals surface area (Å²) in [4.78, 5) is 16.6. The molecule has 18 heavy (non-hydrogen) atoms. The van der Waals surface area contributed by atoms with Crippen LogP contribution in [-0.4, -0.2) is 24.5 Å². The van der Waals surface area contributed by atoms with Gasteiger partial charge in [0.2, 0.25) is 0 Å². The number of hydrazone groups is 1. The zero-order valence-electron chi connectivity index (χ0n) is 9.82. The number of nitrogens with zero attached hydrogens (tertiary/aromatic N) is 3. The second-order valence-corrected chi connectivity index (χ2v) is 4.38. The minimum Gasteiger partial charge on any atom is -0.298 e. The Hall–Kier alpha value is -1.92. The van der Waals surface area contributed by atoms with Crippen LogP contribution in [0.4, 0.5) is 5.69 Å². The van der Waals surface area contributed by atoms with Gasteiger partial charge in [-0.15, -0.1) is 5.10 Å². The van der Waals surface area contributed by atoms with Crippen molar-refractivity contribution in [3.8, 4) is 0 Å². The third kappa shape index (κ3) is 2.20. The summed E-state index contributed by atoms with van der Waals surface area (Å²) in [7, 11) is 0. The molecule has 1 aromatic carbocycles. The lowest BCUT2D eigenvalue weighted by atomic mass is 10.2. The van der Waals surface area contributed by atoms with Crippen LogP contribution in [0.1, 0.15) is 23.2 Å². The molecule has 1 saturated carbocycles. The Bertz CT molecular complexity index is 473. The van der Waals surface area contributed by atoms with Crippen molar-refractivity contribution in [3.05, 3.63) is 29.8 Å². The predicted molar refractivity (Wildman–Crippen MR) is 66.5 cm³/mol. The van der Waals surface area contributed by atoms with Gasteiger partial charge in [0.1, 0.15) is 6.34 Å². The van der Waals surface area contributed by atoms with Crippen LogP contribution in [-0.2, 0) is 4.84 Å². The second-order valence-electron chi connectivity index (χ2n) is 4.38. The van der Waals surface area contributed by atoms with Crippen molar-refractivity contribution in [2.24, 2.45) is 11.0 Å². The molecule has 2 aliphatic rings. The SMILES string of the molecule is O=Cc1ccccc1N1C=NNN1OCC1CC1. The molecule has 6 heteroatoms. The number of hydrogen-bond donors (Lipinski definition) is 1. The topological polar surface area (TPSA) is 57.2 Å². The fraction of sp³-hybridized carbons (Fsp3) is 0.333. The summed E-state index contributed by atoms with van der Waals surface area (Å²) in [6, 6.07) is 7.29. The summed E-state index contributed by atoms with van der Waals surface area (Å²) in [5.74, 6) is 0.649. The van der Waals surface area contributed by atoms with Gasteiger partial charge in [0.25, 0.3) is 0 Å². The van der Waals surface area contributed by atoms with Crippen LogP contribution in [0.3, 0.4) is 0 Å². The van der Waals surface area contributed by atoms with E-state index in [2.05, 4.69) is 10.6 Å². The highest BCUT2D eigenvalue weighted by Crippen LogP contribution is 2.29. The molecule has 94 valence electrons. The van der Waals surface area contributed by atoms with E-state index in [-0.39, 0.29) is 0 Å². The van der Waals surface area contributed by atoms with E-state index in [1.54, 1.807) is 17.4 Å². The molecule has 1 aliphatic carbocycles. The lowest BCUT2D eigenvalue weighted by Crippen LogP contribution is -2.43. The van der Waals surface area contributed by atoms with Gasteiger partial charge in [0, 0.05) is 10.8 Å². The molecule has 1 fully saturated rings. The van der Waals surface area contributed by atoms with E-state index < -0.39 is 0 Å². The molecule has 1 heterocycles.